The zero-order valence-corrected chi connectivity index (χ0v) is 9.02. The molecule has 0 radical (unpaired) electrons. The van der Waals surface area contributed by atoms with Gasteiger partial charge in [-0.2, -0.15) is 0 Å². The van der Waals surface area contributed by atoms with E-state index in [2.05, 4.69) is 4.74 Å². The highest BCUT2D eigenvalue weighted by Crippen LogP contribution is 2.10. The van der Waals surface area contributed by atoms with Crippen molar-refractivity contribution in [2.24, 2.45) is 5.92 Å². The Morgan fingerprint density at radius 1 is 1.67 bits per heavy atom. The molecule has 2 atom stereocenters. The minimum Gasteiger partial charge on any atom is -0.465 e. The molecule has 2 unspecified atom stereocenters. The minimum atomic E-state index is -0.645. The van der Waals surface area contributed by atoms with Gasteiger partial charge in [-0.15, -0.1) is 0 Å². The second kappa shape index (κ2) is 5.58. The molecule has 0 saturated carbocycles. The van der Waals surface area contributed by atoms with E-state index >= 15 is 0 Å². The maximum absolute atomic E-state index is 11.3. The topological polar surface area (TPSA) is 61.8 Å². The summed E-state index contributed by atoms with van der Waals surface area (Å²) in [5.74, 6) is -0.282. The Hall–Kier alpha value is -1.26. The van der Waals surface area contributed by atoms with Gasteiger partial charge in [0.1, 0.15) is 12.7 Å². The van der Waals surface area contributed by atoms with Crippen LogP contribution in [0.1, 0.15) is 26.7 Å². The maximum Gasteiger partial charge on any atom is 0.508 e. The van der Waals surface area contributed by atoms with E-state index in [1.807, 2.05) is 13.8 Å². The van der Waals surface area contributed by atoms with E-state index < -0.39 is 6.16 Å². The van der Waals surface area contributed by atoms with Gasteiger partial charge in [-0.05, 0) is 6.42 Å². The summed E-state index contributed by atoms with van der Waals surface area (Å²) in [7, 11) is 0. The predicted molar refractivity (Wildman–Crippen MR) is 51.3 cm³/mol. The van der Waals surface area contributed by atoms with Crippen LogP contribution in [-0.2, 0) is 19.0 Å². The first-order chi connectivity index (χ1) is 7.13. The molecule has 86 valence electrons. The molecule has 0 bridgehead atoms. The standard InChI is InChI=1S/C10H16O5/c1-3-7(2)9(11)13-5-4-8-6-14-10(12)15-8/h7-8H,3-6H2,1-2H3. The van der Waals surface area contributed by atoms with Gasteiger partial charge in [-0.25, -0.2) is 4.79 Å². The molecule has 0 aliphatic carbocycles. The molecular formula is C10H16O5. The fourth-order valence-corrected chi connectivity index (χ4v) is 1.11. The van der Waals surface area contributed by atoms with Crippen molar-refractivity contribution >= 4 is 12.1 Å². The van der Waals surface area contributed by atoms with Gasteiger partial charge in [0, 0.05) is 6.42 Å². The number of rotatable bonds is 5. The molecule has 1 aliphatic rings. The monoisotopic (exact) mass is 216 g/mol. The second-order valence-corrected chi connectivity index (χ2v) is 3.57. The third kappa shape index (κ3) is 3.77. The average molecular weight is 216 g/mol. The SMILES string of the molecule is CCC(C)C(=O)OCCC1COC(=O)O1. The molecule has 0 spiro atoms. The van der Waals surface area contributed by atoms with Gasteiger partial charge < -0.3 is 14.2 Å². The van der Waals surface area contributed by atoms with Gasteiger partial charge in [0.05, 0.1) is 12.5 Å². The van der Waals surface area contributed by atoms with Crippen LogP contribution < -0.4 is 0 Å². The first-order valence-electron chi connectivity index (χ1n) is 5.13. The minimum absolute atomic E-state index is 0.0765. The molecule has 0 aromatic rings. The highest BCUT2D eigenvalue weighted by atomic mass is 16.8. The summed E-state index contributed by atoms with van der Waals surface area (Å²) in [4.78, 5) is 21.8. The van der Waals surface area contributed by atoms with Crippen molar-refractivity contribution in [1.29, 1.82) is 0 Å². The molecule has 0 aromatic carbocycles. The summed E-state index contributed by atoms with van der Waals surface area (Å²) in [6, 6.07) is 0. The van der Waals surface area contributed by atoms with Crippen LogP contribution in [-0.4, -0.2) is 31.4 Å². The lowest BCUT2D eigenvalue weighted by Crippen LogP contribution is -2.18. The van der Waals surface area contributed by atoms with Gasteiger partial charge in [0.15, 0.2) is 0 Å². The van der Waals surface area contributed by atoms with Crippen molar-refractivity contribution in [3.63, 3.8) is 0 Å². The predicted octanol–water partition coefficient (Wildman–Crippen LogP) is 1.50. The molecular weight excluding hydrogens is 200 g/mol. The Bertz CT molecular complexity index is 238. The van der Waals surface area contributed by atoms with Crippen LogP contribution in [0.3, 0.4) is 0 Å². The van der Waals surface area contributed by atoms with Crippen molar-refractivity contribution in [2.75, 3.05) is 13.2 Å². The lowest BCUT2D eigenvalue weighted by Gasteiger charge is -2.10. The molecule has 15 heavy (non-hydrogen) atoms. The molecule has 1 saturated heterocycles. The zero-order chi connectivity index (χ0) is 11.3. The molecule has 5 heteroatoms. The van der Waals surface area contributed by atoms with Gasteiger partial charge >= 0.3 is 12.1 Å². The Morgan fingerprint density at radius 3 is 2.93 bits per heavy atom. The number of hydrogen-bond donors (Lipinski definition) is 0. The third-order valence-corrected chi connectivity index (χ3v) is 2.35. The highest BCUT2D eigenvalue weighted by molar-refractivity contribution is 5.71. The second-order valence-electron chi connectivity index (χ2n) is 3.57. The first-order valence-corrected chi connectivity index (χ1v) is 5.13. The smallest absolute Gasteiger partial charge is 0.465 e. The van der Waals surface area contributed by atoms with E-state index in [1.54, 1.807) is 0 Å². The number of hydrogen-bond acceptors (Lipinski definition) is 5. The van der Waals surface area contributed by atoms with Crippen LogP contribution in [0.15, 0.2) is 0 Å². The van der Waals surface area contributed by atoms with Crippen LogP contribution >= 0.6 is 0 Å². The number of esters is 1. The van der Waals surface area contributed by atoms with Crippen molar-refractivity contribution < 1.29 is 23.8 Å². The van der Waals surface area contributed by atoms with Crippen LogP contribution in [0.2, 0.25) is 0 Å². The van der Waals surface area contributed by atoms with E-state index in [9.17, 15) is 9.59 Å². The van der Waals surface area contributed by atoms with Crippen molar-refractivity contribution in [3.05, 3.63) is 0 Å². The molecule has 5 nitrogen and oxygen atoms in total. The fraction of sp³-hybridized carbons (Fsp3) is 0.800. The van der Waals surface area contributed by atoms with Crippen molar-refractivity contribution in [3.8, 4) is 0 Å². The van der Waals surface area contributed by atoms with E-state index in [4.69, 9.17) is 9.47 Å². The summed E-state index contributed by atoms with van der Waals surface area (Å²) < 4.78 is 14.4. The quantitative estimate of drug-likeness (QED) is 0.652. The van der Waals surface area contributed by atoms with Crippen LogP contribution in [0.25, 0.3) is 0 Å². The molecule has 1 fully saturated rings. The van der Waals surface area contributed by atoms with Crippen molar-refractivity contribution in [2.45, 2.75) is 32.8 Å². The first kappa shape index (κ1) is 11.8. The highest BCUT2D eigenvalue weighted by Gasteiger charge is 2.25. The molecule has 1 rings (SSSR count). The number of carbonyl (C=O) groups is 2. The van der Waals surface area contributed by atoms with Crippen LogP contribution in [0.4, 0.5) is 4.79 Å². The van der Waals surface area contributed by atoms with E-state index in [1.165, 1.54) is 0 Å². The van der Waals surface area contributed by atoms with E-state index in [0.29, 0.717) is 6.42 Å². The summed E-state index contributed by atoms with van der Waals surface area (Å²) in [6.45, 7) is 4.27. The van der Waals surface area contributed by atoms with E-state index in [-0.39, 0.29) is 31.2 Å². The molecule has 1 heterocycles. The molecule has 1 aliphatic heterocycles. The summed E-state index contributed by atoms with van der Waals surface area (Å²) in [6.07, 6.45) is 0.337. The van der Waals surface area contributed by atoms with Crippen LogP contribution in [0, 0.1) is 5.92 Å². The number of carbonyl (C=O) groups excluding carboxylic acids is 2. The summed E-state index contributed by atoms with van der Waals surface area (Å²) >= 11 is 0. The maximum atomic E-state index is 11.3. The Kier molecular flexibility index (Phi) is 4.39. The normalized spacial score (nSPS) is 21.7. The van der Waals surface area contributed by atoms with E-state index in [0.717, 1.165) is 6.42 Å². The lowest BCUT2D eigenvalue weighted by molar-refractivity contribution is -0.148. The number of cyclic esters (lactones) is 2. The van der Waals surface area contributed by atoms with Gasteiger partial charge in [0.25, 0.3) is 0 Å². The van der Waals surface area contributed by atoms with Gasteiger partial charge in [0.2, 0.25) is 0 Å². The summed E-state index contributed by atoms with van der Waals surface area (Å²) in [5.41, 5.74) is 0. The fourth-order valence-electron chi connectivity index (χ4n) is 1.11. The molecule has 0 aromatic heterocycles. The summed E-state index contributed by atoms with van der Waals surface area (Å²) in [5, 5.41) is 0. The Morgan fingerprint density at radius 2 is 2.40 bits per heavy atom. The third-order valence-electron chi connectivity index (χ3n) is 2.35. The molecule has 0 N–H and O–H groups in total. The Labute approximate surface area is 88.7 Å². The van der Waals surface area contributed by atoms with Gasteiger partial charge in [-0.3, -0.25) is 4.79 Å². The van der Waals surface area contributed by atoms with Crippen molar-refractivity contribution in [1.82, 2.24) is 0 Å². The number of ether oxygens (including phenoxy) is 3. The zero-order valence-electron chi connectivity index (χ0n) is 9.02. The lowest BCUT2D eigenvalue weighted by atomic mass is 10.1. The van der Waals surface area contributed by atoms with Crippen LogP contribution in [0.5, 0.6) is 0 Å². The molecule has 0 amide bonds. The largest absolute Gasteiger partial charge is 0.508 e. The Balaban J connectivity index is 2.11. The average Bonchev–Trinajstić information content (AvgIpc) is 2.63. The van der Waals surface area contributed by atoms with Gasteiger partial charge in [-0.1, -0.05) is 13.8 Å².